The summed E-state index contributed by atoms with van der Waals surface area (Å²) in [6, 6.07) is 9.45. The zero-order valence-corrected chi connectivity index (χ0v) is 22.3. The highest BCUT2D eigenvalue weighted by Gasteiger charge is 2.48. The van der Waals surface area contributed by atoms with Crippen molar-refractivity contribution < 1.29 is 14.3 Å². The van der Waals surface area contributed by atoms with E-state index in [1.807, 2.05) is 30.3 Å². The van der Waals surface area contributed by atoms with Gasteiger partial charge in [-0.1, -0.05) is 78.8 Å². The van der Waals surface area contributed by atoms with E-state index in [0.717, 1.165) is 18.4 Å². The van der Waals surface area contributed by atoms with Crippen molar-refractivity contribution in [3.05, 3.63) is 53.0 Å². The lowest BCUT2D eigenvalue weighted by Gasteiger charge is -2.50. The lowest BCUT2D eigenvalue weighted by Crippen LogP contribution is -2.49. The quantitative estimate of drug-likeness (QED) is 0.244. The fourth-order valence-corrected chi connectivity index (χ4v) is 5.71. The van der Waals surface area contributed by atoms with E-state index in [0.29, 0.717) is 18.0 Å². The number of H-pyrrole nitrogens is 1. The normalized spacial score (nSPS) is 22.8. The van der Waals surface area contributed by atoms with Gasteiger partial charge in [0.2, 0.25) is 5.69 Å². The minimum Gasteiger partial charge on any atom is -0.459 e. The standard InChI is InChI=1S/C29H36N4O3/c1-17-14-19(28(2,3)4)24(20(15-17)29(5,6)7)36-27(35)22-23(30-8)21(16-34)33-26(22)31-25(32-33)18-12-10-9-11-13-18/h9-13,16-17,19-20,24H,14-15H2,1-7H3,(H,31,32). The van der Waals surface area contributed by atoms with Crippen molar-refractivity contribution in [3.63, 3.8) is 0 Å². The molecular formula is C29H36N4O3. The van der Waals surface area contributed by atoms with E-state index in [1.165, 1.54) is 4.52 Å². The monoisotopic (exact) mass is 488 g/mol. The highest BCUT2D eigenvalue weighted by atomic mass is 16.5. The molecule has 0 radical (unpaired) electrons. The molecule has 1 aliphatic carbocycles. The van der Waals surface area contributed by atoms with Crippen molar-refractivity contribution >= 4 is 23.6 Å². The van der Waals surface area contributed by atoms with Gasteiger partial charge in [-0.3, -0.25) is 9.89 Å². The number of carbonyl (C=O) groups is 2. The smallest absolute Gasteiger partial charge is 0.331 e. The lowest BCUT2D eigenvalue weighted by molar-refractivity contribution is -0.0922. The maximum absolute atomic E-state index is 13.9. The van der Waals surface area contributed by atoms with Crippen LogP contribution in [0.2, 0.25) is 0 Å². The van der Waals surface area contributed by atoms with Crippen molar-refractivity contribution in [1.82, 2.24) is 14.6 Å². The van der Waals surface area contributed by atoms with Gasteiger partial charge in [0.05, 0.1) is 6.57 Å². The fourth-order valence-electron chi connectivity index (χ4n) is 5.71. The summed E-state index contributed by atoms with van der Waals surface area (Å²) in [7, 11) is 0. The summed E-state index contributed by atoms with van der Waals surface area (Å²) in [4.78, 5) is 34.0. The molecule has 190 valence electrons. The Morgan fingerprint density at radius 1 is 1.11 bits per heavy atom. The van der Waals surface area contributed by atoms with Crippen LogP contribution in [0, 0.1) is 35.2 Å². The van der Waals surface area contributed by atoms with E-state index in [9.17, 15) is 9.59 Å². The molecule has 2 heterocycles. The second kappa shape index (κ2) is 9.24. The number of hydrogen-bond acceptors (Lipinski definition) is 4. The van der Waals surface area contributed by atoms with Gasteiger partial charge in [-0.25, -0.2) is 19.1 Å². The Balaban J connectivity index is 1.82. The summed E-state index contributed by atoms with van der Waals surface area (Å²) in [5, 5.41) is 3.08. The molecule has 1 aliphatic rings. The zero-order valence-electron chi connectivity index (χ0n) is 22.3. The summed E-state index contributed by atoms with van der Waals surface area (Å²) < 4.78 is 7.78. The lowest BCUT2D eigenvalue weighted by atomic mass is 9.59. The Kier molecular flexibility index (Phi) is 6.59. The summed E-state index contributed by atoms with van der Waals surface area (Å²) in [6.07, 6.45) is 2.21. The average molecular weight is 489 g/mol. The van der Waals surface area contributed by atoms with Gasteiger partial charge in [0.25, 0.3) is 0 Å². The molecule has 0 saturated heterocycles. The SMILES string of the molecule is [C-]#[N+]c1c(C(=O)OC2C(C(C)(C)C)CC(C)CC2C(C)(C)C)c2nc(-c3ccccc3)[nH]n2c1C=O. The Labute approximate surface area is 213 Å². The van der Waals surface area contributed by atoms with Crippen LogP contribution in [0.25, 0.3) is 21.9 Å². The number of benzene rings is 1. The minimum absolute atomic E-state index is 0.0304. The van der Waals surface area contributed by atoms with Crippen LogP contribution in [-0.4, -0.2) is 33.0 Å². The van der Waals surface area contributed by atoms with E-state index in [1.54, 1.807) is 0 Å². The van der Waals surface area contributed by atoms with Gasteiger partial charge in [-0.05, 0) is 29.6 Å². The number of ether oxygens (including phenoxy) is 1. The number of aromatic amines is 1. The molecule has 2 atom stereocenters. The first kappa shape index (κ1) is 25.7. The minimum atomic E-state index is -0.597. The molecule has 1 saturated carbocycles. The van der Waals surface area contributed by atoms with Gasteiger partial charge in [-0.15, -0.1) is 0 Å². The molecule has 0 aliphatic heterocycles. The largest absolute Gasteiger partial charge is 0.459 e. The predicted molar refractivity (Wildman–Crippen MR) is 140 cm³/mol. The number of esters is 1. The average Bonchev–Trinajstić information content (AvgIpc) is 3.35. The van der Waals surface area contributed by atoms with E-state index in [-0.39, 0.29) is 51.4 Å². The van der Waals surface area contributed by atoms with E-state index < -0.39 is 5.97 Å². The highest BCUT2D eigenvalue weighted by Crippen LogP contribution is 2.50. The third-order valence-electron chi connectivity index (χ3n) is 7.64. The molecule has 1 N–H and O–H groups in total. The van der Waals surface area contributed by atoms with Crippen LogP contribution in [0.3, 0.4) is 0 Å². The van der Waals surface area contributed by atoms with Crippen LogP contribution in [0.1, 0.15) is 82.2 Å². The molecular weight excluding hydrogens is 452 g/mol. The number of nitrogens with zero attached hydrogens (tertiary/aromatic N) is 3. The Morgan fingerprint density at radius 2 is 1.69 bits per heavy atom. The first-order valence-electron chi connectivity index (χ1n) is 12.6. The van der Waals surface area contributed by atoms with Crippen LogP contribution >= 0.6 is 0 Å². The Hall–Kier alpha value is -3.40. The summed E-state index contributed by atoms with van der Waals surface area (Å²) in [6.45, 7) is 23.2. The van der Waals surface area contributed by atoms with Crippen molar-refractivity contribution in [3.8, 4) is 11.4 Å². The van der Waals surface area contributed by atoms with Gasteiger partial charge in [0.1, 0.15) is 17.4 Å². The number of hydrogen-bond donors (Lipinski definition) is 1. The van der Waals surface area contributed by atoms with E-state index in [4.69, 9.17) is 11.3 Å². The van der Waals surface area contributed by atoms with Gasteiger partial charge in [-0.2, -0.15) is 0 Å². The Bertz CT molecular complexity index is 1290. The van der Waals surface area contributed by atoms with Crippen molar-refractivity contribution in [2.45, 2.75) is 67.4 Å². The Morgan fingerprint density at radius 3 is 2.19 bits per heavy atom. The van der Waals surface area contributed by atoms with Crippen molar-refractivity contribution in [2.24, 2.45) is 28.6 Å². The topological polar surface area (TPSA) is 80.8 Å². The maximum Gasteiger partial charge on any atom is 0.331 e. The third kappa shape index (κ3) is 4.57. The molecule has 0 spiro atoms. The molecule has 2 unspecified atom stereocenters. The molecule has 7 heteroatoms. The molecule has 1 fully saturated rings. The first-order chi connectivity index (χ1) is 16.9. The van der Waals surface area contributed by atoms with Crippen LogP contribution in [0.5, 0.6) is 0 Å². The van der Waals surface area contributed by atoms with Crippen molar-refractivity contribution in [1.29, 1.82) is 0 Å². The zero-order chi connectivity index (χ0) is 26.4. The maximum atomic E-state index is 13.9. The van der Waals surface area contributed by atoms with Gasteiger partial charge in [0, 0.05) is 17.4 Å². The second-order valence-electron chi connectivity index (χ2n) is 12.3. The molecule has 3 aromatic rings. The number of rotatable bonds is 4. The van der Waals surface area contributed by atoms with Crippen LogP contribution in [-0.2, 0) is 4.74 Å². The number of aldehydes is 1. The highest BCUT2D eigenvalue weighted by molar-refractivity contribution is 6.07. The van der Waals surface area contributed by atoms with E-state index >= 15 is 0 Å². The molecule has 0 amide bonds. The van der Waals surface area contributed by atoms with Gasteiger partial charge >= 0.3 is 5.97 Å². The molecule has 2 aromatic heterocycles. The third-order valence-corrected chi connectivity index (χ3v) is 7.64. The number of nitrogens with one attached hydrogen (secondary N) is 1. The molecule has 1 aromatic carbocycles. The number of fused-ring (bicyclic) bond motifs is 1. The predicted octanol–water partition coefficient (Wildman–Crippen LogP) is 6.97. The first-order valence-corrected chi connectivity index (χ1v) is 12.6. The summed E-state index contributed by atoms with van der Waals surface area (Å²) in [5.74, 6) is 0.753. The fraction of sp³-hybridized carbons (Fsp3) is 0.517. The van der Waals surface area contributed by atoms with Crippen LogP contribution < -0.4 is 0 Å². The van der Waals surface area contributed by atoms with E-state index in [2.05, 4.69) is 63.4 Å². The molecule has 0 bridgehead atoms. The van der Waals surface area contributed by atoms with Crippen LogP contribution in [0.4, 0.5) is 5.69 Å². The van der Waals surface area contributed by atoms with Gasteiger partial charge < -0.3 is 4.74 Å². The summed E-state index contributed by atoms with van der Waals surface area (Å²) >= 11 is 0. The number of aromatic nitrogens is 3. The molecule has 4 rings (SSSR count). The molecule has 7 nitrogen and oxygen atoms in total. The summed E-state index contributed by atoms with van der Waals surface area (Å²) in [5.41, 5.74) is 0.991. The second-order valence-corrected chi connectivity index (χ2v) is 12.3. The van der Waals surface area contributed by atoms with Gasteiger partial charge in [0.15, 0.2) is 17.8 Å². The number of carbonyl (C=O) groups excluding carboxylic acids is 2. The molecule has 36 heavy (non-hydrogen) atoms. The van der Waals surface area contributed by atoms with Crippen LogP contribution in [0.15, 0.2) is 30.3 Å². The van der Waals surface area contributed by atoms with Crippen molar-refractivity contribution in [2.75, 3.05) is 0 Å².